The number of fused-ring (bicyclic) bond motifs is 1. The molecule has 6 atom stereocenters. The molecule has 2 aromatic heterocycles. The van der Waals surface area contributed by atoms with Crippen LogP contribution in [0.1, 0.15) is 32.9 Å². The van der Waals surface area contributed by atoms with Crippen molar-refractivity contribution in [2.45, 2.75) is 57.2 Å². The second kappa shape index (κ2) is 12.2. The number of nitrogens with zero attached hydrogens (tertiary/aromatic N) is 4. The fourth-order valence-electron chi connectivity index (χ4n) is 4.46. The van der Waals surface area contributed by atoms with Crippen LogP contribution in [-0.2, 0) is 23.4 Å². The lowest BCUT2D eigenvalue weighted by atomic mass is 10.0. The van der Waals surface area contributed by atoms with E-state index in [-0.39, 0.29) is 24.3 Å². The Balaban J connectivity index is 1.35. The SMILES string of the molecule is CCOC(=O)[C@@H](C)N[P@@](=O)(OC[C@H]1O[C@@H](n2cnc3c(NC4CC4)nc(N)nc32)[C@@H](CF)[C@@H]1O)Oc1ccccc1. The molecule has 41 heavy (non-hydrogen) atoms. The molecule has 2 aliphatic rings. The number of hydrogen-bond acceptors (Lipinski definition) is 12. The Labute approximate surface area is 235 Å². The first-order valence-electron chi connectivity index (χ1n) is 13.3. The number of esters is 1. The van der Waals surface area contributed by atoms with Crippen LogP contribution in [0.15, 0.2) is 36.7 Å². The third kappa shape index (κ3) is 6.60. The molecule has 0 spiro atoms. The highest BCUT2D eigenvalue weighted by Crippen LogP contribution is 2.46. The van der Waals surface area contributed by atoms with Gasteiger partial charge < -0.3 is 30.2 Å². The minimum atomic E-state index is -4.22. The number of nitrogens with two attached hydrogens (primary N) is 1. The normalized spacial score (nSPS) is 24.6. The summed E-state index contributed by atoms with van der Waals surface area (Å²) in [5, 5.41) is 16.8. The molecule has 16 heteroatoms. The number of anilines is 2. The van der Waals surface area contributed by atoms with Crippen LogP contribution in [0.2, 0.25) is 0 Å². The van der Waals surface area contributed by atoms with E-state index in [0.717, 1.165) is 12.8 Å². The van der Waals surface area contributed by atoms with Crippen LogP contribution in [-0.4, -0.2) is 74.8 Å². The van der Waals surface area contributed by atoms with Crippen molar-refractivity contribution in [1.29, 1.82) is 0 Å². The summed E-state index contributed by atoms with van der Waals surface area (Å²) >= 11 is 0. The number of alkyl halides is 1. The van der Waals surface area contributed by atoms with Crippen molar-refractivity contribution < 1.29 is 37.4 Å². The van der Waals surface area contributed by atoms with E-state index in [1.54, 1.807) is 37.3 Å². The van der Waals surface area contributed by atoms with Gasteiger partial charge in [-0.3, -0.25) is 18.3 Å². The molecule has 3 heterocycles. The molecule has 3 aromatic rings. The predicted molar refractivity (Wildman–Crippen MR) is 146 cm³/mol. The molecule has 1 aliphatic carbocycles. The molecule has 1 saturated carbocycles. The molecule has 14 nitrogen and oxygen atoms in total. The van der Waals surface area contributed by atoms with Gasteiger partial charge in [-0.25, -0.2) is 9.55 Å². The summed E-state index contributed by atoms with van der Waals surface area (Å²) in [6, 6.07) is 7.44. The number of para-hydroxylation sites is 1. The standard InChI is InChI=1S/C25H33FN7O7P/c1-3-37-24(35)14(2)32-41(36,40-16-7-5-4-6-8-16)38-12-18-20(34)17(11-26)23(39-18)33-13-28-19-21(29-15-9-10-15)30-25(27)31-22(19)33/h4-8,13-15,17-18,20,23,34H,3,9-12H2,1-2H3,(H,32,36)(H3,27,29,30,31)/t14-,17+,18-,20+,23-,41-/m1/s1. The number of hydrogen-bond donors (Lipinski definition) is 4. The predicted octanol–water partition coefficient (Wildman–Crippen LogP) is 2.57. The van der Waals surface area contributed by atoms with Crippen molar-refractivity contribution in [3.8, 4) is 5.75 Å². The van der Waals surface area contributed by atoms with Gasteiger partial charge in [0.05, 0.1) is 38.2 Å². The lowest BCUT2D eigenvalue weighted by Crippen LogP contribution is -2.37. The third-order valence-electron chi connectivity index (χ3n) is 6.68. The number of aliphatic hydroxyl groups is 1. The Morgan fingerprint density at radius 3 is 2.76 bits per heavy atom. The summed E-state index contributed by atoms with van der Waals surface area (Å²) < 4.78 is 51.8. The number of nitrogens with one attached hydrogen (secondary N) is 2. The first-order chi connectivity index (χ1) is 19.7. The molecule has 0 radical (unpaired) electrons. The zero-order valence-corrected chi connectivity index (χ0v) is 23.4. The number of imidazole rings is 1. The smallest absolute Gasteiger partial charge is 0.459 e. The van der Waals surface area contributed by atoms with Gasteiger partial charge in [0.25, 0.3) is 0 Å². The number of aromatic nitrogens is 4. The minimum Gasteiger partial charge on any atom is -0.465 e. The Morgan fingerprint density at radius 1 is 1.32 bits per heavy atom. The number of carbonyl (C=O) groups is 1. The lowest BCUT2D eigenvalue weighted by molar-refractivity contribution is -0.144. The van der Waals surface area contributed by atoms with Crippen molar-refractivity contribution in [3.05, 3.63) is 36.7 Å². The van der Waals surface area contributed by atoms with Gasteiger partial charge in [-0.1, -0.05) is 18.2 Å². The molecular formula is C25H33FN7O7P. The van der Waals surface area contributed by atoms with E-state index in [9.17, 15) is 18.9 Å². The topological polar surface area (TPSA) is 185 Å². The molecule has 1 saturated heterocycles. The monoisotopic (exact) mass is 593 g/mol. The molecular weight excluding hydrogens is 560 g/mol. The summed E-state index contributed by atoms with van der Waals surface area (Å²) in [7, 11) is -4.22. The molecule has 222 valence electrons. The van der Waals surface area contributed by atoms with E-state index in [1.165, 1.54) is 17.8 Å². The van der Waals surface area contributed by atoms with Crippen molar-refractivity contribution in [2.24, 2.45) is 5.92 Å². The van der Waals surface area contributed by atoms with Crippen LogP contribution in [0.25, 0.3) is 11.2 Å². The van der Waals surface area contributed by atoms with E-state index in [2.05, 4.69) is 25.4 Å². The van der Waals surface area contributed by atoms with Gasteiger partial charge in [0.1, 0.15) is 24.1 Å². The van der Waals surface area contributed by atoms with Crippen molar-refractivity contribution in [3.63, 3.8) is 0 Å². The number of aliphatic hydroxyl groups excluding tert-OH is 1. The average Bonchev–Trinajstić information content (AvgIpc) is 3.57. The molecule has 2 fully saturated rings. The van der Waals surface area contributed by atoms with E-state index < -0.39 is 57.4 Å². The summed E-state index contributed by atoms with van der Waals surface area (Å²) in [6.07, 6.45) is -0.0711. The fourth-order valence-corrected chi connectivity index (χ4v) is 5.96. The summed E-state index contributed by atoms with van der Waals surface area (Å²) in [4.78, 5) is 25.1. The van der Waals surface area contributed by atoms with Crippen LogP contribution in [0.3, 0.4) is 0 Å². The first kappa shape index (κ1) is 29.1. The highest BCUT2D eigenvalue weighted by atomic mass is 31.2. The Morgan fingerprint density at radius 2 is 2.07 bits per heavy atom. The van der Waals surface area contributed by atoms with E-state index in [0.29, 0.717) is 17.0 Å². The molecule has 0 amide bonds. The van der Waals surface area contributed by atoms with Crippen LogP contribution in [0, 0.1) is 5.92 Å². The van der Waals surface area contributed by atoms with Gasteiger partial charge >= 0.3 is 13.7 Å². The zero-order valence-electron chi connectivity index (χ0n) is 22.6. The van der Waals surface area contributed by atoms with Crippen LogP contribution in [0.4, 0.5) is 16.2 Å². The second-order valence-corrected chi connectivity index (χ2v) is 11.5. The summed E-state index contributed by atoms with van der Waals surface area (Å²) in [5.41, 5.74) is 6.67. The number of halogens is 1. The van der Waals surface area contributed by atoms with E-state index in [1.807, 2.05) is 0 Å². The van der Waals surface area contributed by atoms with E-state index >= 15 is 0 Å². The Hall–Kier alpha value is -3.36. The lowest BCUT2D eigenvalue weighted by Gasteiger charge is -2.24. The maximum absolute atomic E-state index is 14.3. The molecule has 1 aromatic carbocycles. The molecule has 0 unspecified atom stereocenters. The van der Waals surface area contributed by atoms with Gasteiger partial charge in [-0.15, -0.1) is 0 Å². The highest BCUT2D eigenvalue weighted by Gasteiger charge is 2.47. The van der Waals surface area contributed by atoms with Gasteiger partial charge in [0, 0.05) is 6.04 Å². The van der Waals surface area contributed by atoms with Gasteiger partial charge in [-0.05, 0) is 38.8 Å². The Bertz CT molecular complexity index is 1410. The summed E-state index contributed by atoms with van der Waals surface area (Å²) in [6.45, 7) is 1.82. The molecule has 5 N–H and O–H groups in total. The maximum Gasteiger partial charge on any atom is 0.459 e. The van der Waals surface area contributed by atoms with Crippen LogP contribution < -0.4 is 20.7 Å². The highest BCUT2D eigenvalue weighted by molar-refractivity contribution is 7.52. The zero-order chi connectivity index (χ0) is 29.1. The van der Waals surface area contributed by atoms with Crippen molar-refractivity contribution >= 4 is 36.6 Å². The van der Waals surface area contributed by atoms with E-state index in [4.69, 9.17) is 24.3 Å². The summed E-state index contributed by atoms with van der Waals surface area (Å²) in [5.74, 6) is -1.02. The fraction of sp³-hybridized carbons (Fsp3) is 0.520. The number of ether oxygens (including phenoxy) is 2. The van der Waals surface area contributed by atoms with Crippen molar-refractivity contribution in [2.75, 3.05) is 30.9 Å². The largest absolute Gasteiger partial charge is 0.465 e. The number of benzene rings is 1. The molecule has 5 rings (SSSR count). The van der Waals surface area contributed by atoms with Crippen LogP contribution in [0.5, 0.6) is 5.75 Å². The van der Waals surface area contributed by atoms with Gasteiger partial charge in [-0.2, -0.15) is 15.1 Å². The minimum absolute atomic E-state index is 0.00146. The Kier molecular flexibility index (Phi) is 8.71. The van der Waals surface area contributed by atoms with Crippen LogP contribution >= 0.6 is 7.75 Å². The maximum atomic E-state index is 14.3. The number of nitrogen functional groups attached to an aromatic ring is 1. The number of carbonyl (C=O) groups excluding carboxylic acids is 1. The van der Waals surface area contributed by atoms with Gasteiger partial charge in [0.15, 0.2) is 17.0 Å². The average molecular weight is 594 g/mol. The quantitative estimate of drug-likeness (QED) is 0.168. The van der Waals surface area contributed by atoms with Gasteiger partial charge in [0.2, 0.25) is 5.95 Å². The number of rotatable bonds is 13. The second-order valence-electron chi connectivity index (χ2n) is 9.85. The van der Waals surface area contributed by atoms with Crippen molar-refractivity contribution in [1.82, 2.24) is 24.6 Å². The third-order valence-corrected chi connectivity index (χ3v) is 8.32. The molecule has 0 bridgehead atoms. The molecule has 1 aliphatic heterocycles. The first-order valence-corrected chi connectivity index (χ1v) is 14.8.